The van der Waals surface area contributed by atoms with E-state index in [-0.39, 0.29) is 12.3 Å². The summed E-state index contributed by atoms with van der Waals surface area (Å²) in [7, 11) is 1.61. The first kappa shape index (κ1) is 18.6. The molecule has 7 nitrogen and oxygen atoms in total. The van der Waals surface area contributed by atoms with Crippen LogP contribution in [0.3, 0.4) is 0 Å². The fourth-order valence-corrected chi connectivity index (χ4v) is 4.17. The van der Waals surface area contributed by atoms with Crippen molar-refractivity contribution in [2.24, 2.45) is 5.41 Å². The molecule has 0 saturated carbocycles. The average Bonchev–Trinajstić information content (AvgIpc) is 3.07. The number of amides is 1. The Labute approximate surface area is 154 Å². The Kier molecular flexibility index (Phi) is 5.76. The summed E-state index contributed by atoms with van der Waals surface area (Å²) in [6.45, 7) is 3.65. The van der Waals surface area contributed by atoms with Crippen LogP contribution in [-0.4, -0.2) is 66.1 Å². The standard InChI is InChI=1S/C19H28N4O3/c1-20-16(18(25)26)2-3-17(24)22-11-6-19(7-12-22)8-13-23(14-19)15-4-9-21-10-5-15/h4-5,9-10,16,20H,2-3,6-8,11-14H2,1H3,(H,25,26)/t16-/m1/s1. The number of piperidine rings is 1. The van der Waals surface area contributed by atoms with Gasteiger partial charge in [0.2, 0.25) is 5.91 Å². The van der Waals surface area contributed by atoms with E-state index < -0.39 is 12.0 Å². The Balaban J connectivity index is 1.48. The molecule has 1 atom stereocenters. The highest BCUT2D eigenvalue weighted by molar-refractivity contribution is 5.78. The van der Waals surface area contributed by atoms with Crippen molar-refractivity contribution >= 4 is 17.6 Å². The molecule has 1 aromatic rings. The summed E-state index contributed by atoms with van der Waals surface area (Å²) in [6, 6.07) is 3.45. The number of carbonyl (C=O) groups is 2. The smallest absolute Gasteiger partial charge is 0.320 e. The number of hydrogen-bond donors (Lipinski definition) is 2. The topological polar surface area (TPSA) is 85.8 Å². The van der Waals surface area contributed by atoms with Crippen LogP contribution in [0.4, 0.5) is 5.69 Å². The van der Waals surface area contributed by atoms with E-state index in [4.69, 9.17) is 5.11 Å². The normalized spacial score (nSPS) is 20.3. The number of nitrogens with one attached hydrogen (secondary N) is 1. The quantitative estimate of drug-likeness (QED) is 0.797. The first-order valence-corrected chi connectivity index (χ1v) is 9.36. The summed E-state index contributed by atoms with van der Waals surface area (Å²) in [4.78, 5) is 31.9. The molecule has 0 aliphatic carbocycles. The fourth-order valence-electron chi connectivity index (χ4n) is 4.17. The summed E-state index contributed by atoms with van der Waals surface area (Å²) < 4.78 is 0. The van der Waals surface area contributed by atoms with Gasteiger partial charge in [0.15, 0.2) is 0 Å². The van der Waals surface area contributed by atoms with Gasteiger partial charge in [-0.15, -0.1) is 0 Å². The minimum absolute atomic E-state index is 0.0744. The van der Waals surface area contributed by atoms with Crippen LogP contribution < -0.4 is 10.2 Å². The molecule has 2 fully saturated rings. The SMILES string of the molecule is CN[C@H](CCC(=O)N1CCC2(CC1)CCN(c1ccncc1)C2)C(=O)O. The van der Waals surface area contributed by atoms with Gasteiger partial charge in [-0.1, -0.05) is 0 Å². The van der Waals surface area contributed by atoms with Crippen LogP contribution in [0.2, 0.25) is 0 Å². The lowest BCUT2D eigenvalue weighted by Gasteiger charge is -2.39. The third-order valence-electron chi connectivity index (χ3n) is 5.94. The van der Waals surface area contributed by atoms with Crippen LogP contribution in [0.25, 0.3) is 0 Å². The zero-order valence-corrected chi connectivity index (χ0v) is 15.4. The second kappa shape index (κ2) is 8.03. The Bertz CT molecular complexity index is 629. The van der Waals surface area contributed by atoms with E-state index in [0.29, 0.717) is 11.8 Å². The summed E-state index contributed by atoms with van der Waals surface area (Å²) in [5.74, 6) is -0.828. The molecule has 7 heteroatoms. The highest BCUT2D eigenvalue weighted by Crippen LogP contribution is 2.41. The molecule has 0 unspecified atom stereocenters. The van der Waals surface area contributed by atoms with Gasteiger partial charge >= 0.3 is 5.97 Å². The van der Waals surface area contributed by atoms with E-state index in [1.807, 2.05) is 17.3 Å². The van der Waals surface area contributed by atoms with Crippen molar-refractivity contribution < 1.29 is 14.7 Å². The van der Waals surface area contributed by atoms with Gasteiger partial charge in [-0.25, -0.2) is 0 Å². The van der Waals surface area contributed by atoms with Crippen molar-refractivity contribution in [1.29, 1.82) is 0 Å². The van der Waals surface area contributed by atoms with Gasteiger partial charge in [-0.05, 0) is 50.3 Å². The Morgan fingerprint density at radius 2 is 1.88 bits per heavy atom. The molecule has 2 aliphatic heterocycles. The van der Waals surface area contributed by atoms with Gasteiger partial charge in [0.05, 0.1) is 0 Å². The van der Waals surface area contributed by atoms with Crippen LogP contribution in [0, 0.1) is 5.41 Å². The number of likely N-dealkylation sites (N-methyl/N-ethyl adjacent to an activating group) is 1. The number of pyridine rings is 1. The summed E-state index contributed by atoms with van der Waals surface area (Å²) in [5.41, 5.74) is 1.52. The lowest BCUT2D eigenvalue weighted by atomic mass is 9.77. The zero-order valence-electron chi connectivity index (χ0n) is 15.4. The van der Waals surface area contributed by atoms with Gasteiger partial charge in [0.1, 0.15) is 6.04 Å². The number of nitrogens with zero attached hydrogens (tertiary/aromatic N) is 3. The van der Waals surface area contributed by atoms with Crippen molar-refractivity contribution in [3.05, 3.63) is 24.5 Å². The Hall–Kier alpha value is -2.15. The summed E-state index contributed by atoms with van der Waals surface area (Å²) >= 11 is 0. The van der Waals surface area contributed by atoms with E-state index >= 15 is 0 Å². The predicted octanol–water partition coefficient (Wildman–Crippen LogP) is 1.35. The maximum absolute atomic E-state index is 12.4. The number of aromatic nitrogens is 1. The first-order valence-electron chi connectivity index (χ1n) is 9.36. The van der Waals surface area contributed by atoms with Crippen molar-refractivity contribution in [3.8, 4) is 0 Å². The molecule has 0 bridgehead atoms. The minimum Gasteiger partial charge on any atom is -0.480 e. The van der Waals surface area contributed by atoms with Gasteiger partial charge in [-0.3, -0.25) is 14.6 Å². The molecule has 142 valence electrons. The van der Waals surface area contributed by atoms with Crippen LogP contribution >= 0.6 is 0 Å². The molecule has 0 radical (unpaired) electrons. The highest BCUT2D eigenvalue weighted by atomic mass is 16.4. The highest BCUT2D eigenvalue weighted by Gasteiger charge is 2.41. The van der Waals surface area contributed by atoms with Gasteiger partial charge in [0, 0.05) is 50.7 Å². The maximum Gasteiger partial charge on any atom is 0.320 e. The predicted molar refractivity (Wildman–Crippen MR) is 99.0 cm³/mol. The summed E-state index contributed by atoms with van der Waals surface area (Å²) in [5, 5.41) is 11.8. The molecule has 26 heavy (non-hydrogen) atoms. The van der Waals surface area contributed by atoms with E-state index in [1.54, 1.807) is 7.05 Å². The van der Waals surface area contributed by atoms with Crippen LogP contribution in [0.5, 0.6) is 0 Å². The molecule has 1 spiro atoms. The average molecular weight is 360 g/mol. The second-order valence-corrected chi connectivity index (χ2v) is 7.48. The third kappa shape index (κ3) is 4.15. The van der Waals surface area contributed by atoms with E-state index in [0.717, 1.165) is 45.4 Å². The van der Waals surface area contributed by atoms with E-state index in [1.165, 1.54) is 5.69 Å². The molecular weight excluding hydrogens is 332 g/mol. The maximum atomic E-state index is 12.4. The number of likely N-dealkylation sites (tertiary alicyclic amines) is 1. The molecule has 3 rings (SSSR count). The molecular formula is C19H28N4O3. The van der Waals surface area contributed by atoms with Crippen molar-refractivity contribution in [1.82, 2.24) is 15.2 Å². The molecule has 2 N–H and O–H groups in total. The molecule has 0 aromatic carbocycles. The lowest BCUT2D eigenvalue weighted by molar-refractivity contribution is -0.140. The Morgan fingerprint density at radius 3 is 2.50 bits per heavy atom. The number of hydrogen-bond acceptors (Lipinski definition) is 5. The van der Waals surface area contributed by atoms with E-state index in [9.17, 15) is 9.59 Å². The van der Waals surface area contributed by atoms with Crippen LogP contribution in [0.15, 0.2) is 24.5 Å². The van der Waals surface area contributed by atoms with Crippen molar-refractivity contribution in [3.63, 3.8) is 0 Å². The summed E-state index contributed by atoms with van der Waals surface area (Å²) in [6.07, 6.45) is 7.49. The molecule has 3 heterocycles. The monoisotopic (exact) mass is 360 g/mol. The van der Waals surface area contributed by atoms with Crippen LogP contribution in [0.1, 0.15) is 32.1 Å². The molecule has 2 saturated heterocycles. The molecule has 2 aliphatic rings. The van der Waals surface area contributed by atoms with Crippen LogP contribution in [-0.2, 0) is 9.59 Å². The van der Waals surface area contributed by atoms with Gasteiger partial charge in [-0.2, -0.15) is 0 Å². The third-order valence-corrected chi connectivity index (χ3v) is 5.94. The van der Waals surface area contributed by atoms with Gasteiger partial charge in [0.25, 0.3) is 0 Å². The number of aliphatic carboxylic acids is 1. The first-order chi connectivity index (χ1) is 12.5. The zero-order chi connectivity index (χ0) is 18.6. The molecule has 1 aromatic heterocycles. The van der Waals surface area contributed by atoms with Crippen molar-refractivity contribution in [2.45, 2.75) is 38.1 Å². The van der Waals surface area contributed by atoms with Gasteiger partial charge < -0.3 is 20.2 Å². The second-order valence-electron chi connectivity index (χ2n) is 7.48. The minimum atomic E-state index is -0.903. The fraction of sp³-hybridized carbons (Fsp3) is 0.632. The lowest BCUT2D eigenvalue weighted by Crippen LogP contribution is -2.45. The number of anilines is 1. The largest absolute Gasteiger partial charge is 0.480 e. The number of carboxylic acid groups (broad SMARTS) is 1. The number of rotatable bonds is 6. The van der Waals surface area contributed by atoms with Crippen molar-refractivity contribution in [2.75, 3.05) is 38.1 Å². The Morgan fingerprint density at radius 1 is 1.23 bits per heavy atom. The number of carboxylic acids is 1. The van der Waals surface area contributed by atoms with E-state index in [2.05, 4.69) is 27.3 Å². The molecule has 1 amide bonds. The number of carbonyl (C=O) groups excluding carboxylic acids is 1.